The fraction of sp³-hybridized carbons (Fsp3) is 0.333. The molecule has 0 unspecified atom stereocenters. The molecule has 0 atom stereocenters. The van der Waals surface area contributed by atoms with Crippen molar-refractivity contribution in [1.29, 1.82) is 0 Å². The smallest absolute Gasteiger partial charge is 0.330 e. The summed E-state index contributed by atoms with van der Waals surface area (Å²) in [6, 6.07) is 16.0. The van der Waals surface area contributed by atoms with Gasteiger partial charge in [0, 0.05) is 17.1 Å². The molecule has 0 aromatic heterocycles. The first-order chi connectivity index (χ1) is 16.6. The Labute approximate surface area is 206 Å². The molecule has 2 aromatic rings. The van der Waals surface area contributed by atoms with Crippen molar-refractivity contribution in [2.75, 3.05) is 26.4 Å². The summed E-state index contributed by atoms with van der Waals surface area (Å²) in [6.45, 7) is 12.0. The minimum absolute atomic E-state index is 0.0179. The van der Waals surface area contributed by atoms with Gasteiger partial charge in [0.15, 0.2) is 0 Å². The molecular formula is C27H36O8. The minimum Gasteiger partial charge on any atom is -0.491 e. The molecule has 35 heavy (non-hydrogen) atoms. The molecular weight excluding hydrogens is 452 g/mol. The van der Waals surface area contributed by atoms with Crippen LogP contribution >= 0.6 is 0 Å². The number of aliphatic carboxylic acids is 2. The zero-order chi connectivity index (χ0) is 26.8. The van der Waals surface area contributed by atoms with Gasteiger partial charge in [-0.3, -0.25) is 0 Å². The van der Waals surface area contributed by atoms with Crippen LogP contribution in [0, 0.1) is 0 Å². The van der Waals surface area contributed by atoms with E-state index in [0.29, 0.717) is 19.1 Å². The molecule has 192 valence electrons. The topological polar surface area (TPSA) is 134 Å². The predicted octanol–water partition coefficient (Wildman–Crippen LogP) is 4.26. The molecule has 0 spiro atoms. The molecule has 2 aromatic carbocycles. The third-order valence-electron chi connectivity index (χ3n) is 4.42. The van der Waals surface area contributed by atoms with E-state index in [1.54, 1.807) is 0 Å². The molecule has 0 fully saturated rings. The van der Waals surface area contributed by atoms with Crippen LogP contribution in [-0.2, 0) is 9.59 Å². The molecule has 0 saturated heterocycles. The van der Waals surface area contributed by atoms with Crippen LogP contribution in [0.15, 0.2) is 72.8 Å². The maximum atomic E-state index is 9.60. The molecule has 0 radical (unpaired) electrons. The quantitative estimate of drug-likeness (QED) is 0.345. The van der Waals surface area contributed by atoms with Crippen LogP contribution in [-0.4, -0.2) is 58.8 Å². The van der Waals surface area contributed by atoms with Crippen LogP contribution in [0.25, 0.3) is 0 Å². The van der Waals surface area contributed by atoms with Gasteiger partial charge in [0.1, 0.15) is 24.7 Å². The highest BCUT2D eigenvalue weighted by Crippen LogP contribution is 2.30. The van der Waals surface area contributed by atoms with Crippen LogP contribution in [0.5, 0.6) is 11.5 Å². The Kier molecular flexibility index (Phi) is 16.0. The highest BCUT2D eigenvalue weighted by Gasteiger charge is 2.12. The Morgan fingerprint density at radius 1 is 0.743 bits per heavy atom. The highest BCUT2D eigenvalue weighted by atomic mass is 16.5. The summed E-state index contributed by atoms with van der Waals surface area (Å²) in [7, 11) is 0. The Morgan fingerprint density at radius 3 is 1.23 bits per heavy atom. The van der Waals surface area contributed by atoms with Crippen molar-refractivity contribution in [3.8, 4) is 11.5 Å². The van der Waals surface area contributed by atoms with Crippen LogP contribution in [0.3, 0.4) is 0 Å². The van der Waals surface area contributed by atoms with Gasteiger partial charge < -0.3 is 29.9 Å². The van der Waals surface area contributed by atoms with E-state index in [1.807, 2.05) is 24.3 Å². The Hall–Kier alpha value is -3.62. The molecule has 0 aliphatic carbocycles. The second-order valence-electron chi connectivity index (χ2n) is 7.41. The van der Waals surface area contributed by atoms with Gasteiger partial charge in [-0.2, -0.15) is 0 Å². The number of benzene rings is 2. The summed E-state index contributed by atoms with van der Waals surface area (Å²) in [6.07, 6.45) is 0.994. The van der Waals surface area contributed by atoms with Gasteiger partial charge in [-0.1, -0.05) is 44.3 Å². The predicted molar refractivity (Wildman–Crippen MR) is 135 cm³/mol. The van der Waals surface area contributed by atoms with E-state index < -0.39 is 11.9 Å². The first-order valence-electron chi connectivity index (χ1n) is 11.0. The fourth-order valence-corrected chi connectivity index (χ4v) is 2.58. The molecule has 0 aliphatic heterocycles. The lowest BCUT2D eigenvalue weighted by Crippen LogP contribution is -2.04. The van der Waals surface area contributed by atoms with Crippen LogP contribution in [0.1, 0.15) is 44.2 Å². The van der Waals surface area contributed by atoms with Crippen LogP contribution < -0.4 is 9.47 Å². The summed E-state index contributed by atoms with van der Waals surface area (Å²) >= 11 is 0. The van der Waals surface area contributed by atoms with Gasteiger partial charge in [-0.15, -0.1) is 0 Å². The normalized spacial score (nSPS) is 9.66. The lowest BCUT2D eigenvalue weighted by molar-refractivity contribution is -0.133. The van der Waals surface area contributed by atoms with Gasteiger partial charge >= 0.3 is 11.9 Å². The number of aliphatic hydroxyl groups excluding tert-OH is 2. The number of ether oxygens (including phenoxy) is 2. The molecule has 0 saturated carbocycles. The molecule has 0 heterocycles. The maximum Gasteiger partial charge on any atom is 0.330 e. The van der Waals surface area contributed by atoms with Gasteiger partial charge in [0.05, 0.1) is 13.2 Å². The first kappa shape index (κ1) is 31.4. The van der Waals surface area contributed by atoms with Crippen LogP contribution in [0.4, 0.5) is 0 Å². The number of hydrogen-bond donors (Lipinski definition) is 4. The van der Waals surface area contributed by atoms with E-state index >= 15 is 0 Å². The van der Waals surface area contributed by atoms with Crippen molar-refractivity contribution in [3.05, 3.63) is 84.0 Å². The van der Waals surface area contributed by atoms with Gasteiger partial charge in [-0.05, 0) is 55.7 Å². The fourth-order valence-electron chi connectivity index (χ4n) is 2.58. The molecule has 0 amide bonds. The van der Waals surface area contributed by atoms with Gasteiger partial charge in [-0.25, -0.2) is 9.59 Å². The monoisotopic (exact) mass is 488 g/mol. The zero-order valence-corrected chi connectivity index (χ0v) is 20.6. The number of carboxylic acid groups (broad SMARTS) is 2. The Morgan fingerprint density at radius 2 is 1.03 bits per heavy atom. The number of carbonyl (C=O) groups is 2. The summed E-state index contributed by atoms with van der Waals surface area (Å²) in [5.41, 5.74) is 2.81. The van der Waals surface area contributed by atoms with Crippen molar-refractivity contribution in [2.45, 2.75) is 33.1 Å². The molecule has 0 aliphatic rings. The van der Waals surface area contributed by atoms with Gasteiger partial charge in [0.2, 0.25) is 0 Å². The van der Waals surface area contributed by atoms with Gasteiger partial charge in [0.25, 0.3) is 0 Å². The van der Waals surface area contributed by atoms with Crippen molar-refractivity contribution in [1.82, 2.24) is 0 Å². The lowest BCUT2D eigenvalue weighted by atomic mass is 9.89. The summed E-state index contributed by atoms with van der Waals surface area (Å²) in [5.74, 6) is -0.0189. The lowest BCUT2D eigenvalue weighted by Gasteiger charge is -2.17. The Balaban J connectivity index is 0.000000797. The standard InChI is InChI=1S/C19H24O4.2C4H6O2/c1-2-19(15-3-7-17(8-4-15)22-13-11-20)16-5-9-18(10-6-16)23-14-12-21;2*1-3(2)4(5)6/h3-10,19-21H,2,11-14H2,1H3;2*1H2,2H3,(H,5,6). The van der Waals surface area contributed by atoms with Crippen molar-refractivity contribution < 1.29 is 39.5 Å². The average molecular weight is 489 g/mol. The molecule has 8 heteroatoms. The summed E-state index contributed by atoms with van der Waals surface area (Å²) < 4.78 is 10.8. The number of aliphatic hydroxyl groups is 2. The van der Waals surface area contributed by atoms with E-state index in [-0.39, 0.29) is 24.4 Å². The second kappa shape index (κ2) is 17.8. The van der Waals surface area contributed by atoms with E-state index in [9.17, 15) is 9.59 Å². The van der Waals surface area contributed by atoms with E-state index in [2.05, 4.69) is 44.3 Å². The molecule has 8 nitrogen and oxygen atoms in total. The Bertz CT molecular complexity index is 818. The number of rotatable bonds is 11. The largest absolute Gasteiger partial charge is 0.491 e. The van der Waals surface area contributed by atoms with E-state index in [4.69, 9.17) is 29.9 Å². The zero-order valence-electron chi connectivity index (χ0n) is 20.6. The summed E-state index contributed by atoms with van der Waals surface area (Å²) in [5, 5.41) is 33.4. The number of carboxylic acids is 2. The molecule has 4 N–H and O–H groups in total. The first-order valence-corrected chi connectivity index (χ1v) is 11.0. The van der Waals surface area contributed by atoms with Crippen molar-refractivity contribution in [3.63, 3.8) is 0 Å². The third-order valence-corrected chi connectivity index (χ3v) is 4.42. The minimum atomic E-state index is -0.935. The maximum absolute atomic E-state index is 9.60. The SMILES string of the molecule is C=C(C)C(=O)O.C=C(C)C(=O)O.CCC(c1ccc(OCCO)cc1)c1ccc(OCCO)cc1. The van der Waals surface area contributed by atoms with E-state index in [0.717, 1.165) is 17.9 Å². The second-order valence-corrected chi connectivity index (χ2v) is 7.41. The molecule has 0 bridgehead atoms. The van der Waals surface area contributed by atoms with Crippen molar-refractivity contribution >= 4 is 11.9 Å². The average Bonchev–Trinajstić information content (AvgIpc) is 2.84. The van der Waals surface area contributed by atoms with Crippen molar-refractivity contribution in [2.24, 2.45) is 0 Å². The number of hydrogen-bond acceptors (Lipinski definition) is 6. The van der Waals surface area contributed by atoms with Crippen LogP contribution in [0.2, 0.25) is 0 Å². The highest BCUT2D eigenvalue weighted by molar-refractivity contribution is 5.85. The van der Waals surface area contributed by atoms with E-state index in [1.165, 1.54) is 25.0 Å². The summed E-state index contributed by atoms with van der Waals surface area (Å²) in [4.78, 5) is 19.2. The third kappa shape index (κ3) is 13.6. The molecule has 2 rings (SSSR count).